The SMILES string of the molecule is CNCc1cc(Br)cc(C)c1OCc1ccc(Cl)cc1F. The molecule has 0 amide bonds. The average Bonchev–Trinajstić information content (AvgIpc) is 2.40. The van der Waals surface area contributed by atoms with Gasteiger partial charge in [-0.25, -0.2) is 4.39 Å². The molecule has 0 unspecified atom stereocenters. The van der Waals surface area contributed by atoms with Crippen LogP contribution in [0.25, 0.3) is 0 Å². The third-order valence-electron chi connectivity index (χ3n) is 3.07. The molecule has 0 heterocycles. The van der Waals surface area contributed by atoms with Gasteiger partial charge in [0.1, 0.15) is 18.2 Å². The van der Waals surface area contributed by atoms with Gasteiger partial charge in [-0.05, 0) is 43.8 Å². The maximum absolute atomic E-state index is 13.8. The first-order valence-corrected chi connectivity index (χ1v) is 7.68. The van der Waals surface area contributed by atoms with E-state index < -0.39 is 0 Å². The molecule has 0 radical (unpaired) electrons. The number of aryl methyl sites for hydroxylation is 1. The number of nitrogens with one attached hydrogen (secondary N) is 1. The summed E-state index contributed by atoms with van der Waals surface area (Å²) in [6.07, 6.45) is 0. The molecule has 0 aliphatic rings. The minimum absolute atomic E-state index is 0.169. The summed E-state index contributed by atoms with van der Waals surface area (Å²) in [6.45, 7) is 2.82. The summed E-state index contributed by atoms with van der Waals surface area (Å²) < 4.78 is 20.6. The zero-order valence-corrected chi connectivity index (χ0v) is 14.2. The molecule has 2 nitrogen and oxygen atoms in total. The van der Waals surface area contributed by atoms with Gasteiger partial charge in [-0.15, -0.1) is 0 Å². The Morgan fingerprint density at radius 2 is 2.00 bits per heavy atom. The summed E-state index contributed by atoms with van der Waals surface area (Å²) in [6, 6.07) is 8.57. The molecule has 2 aromatic rings. The molecule has 0 aliphatic carbocycles. The van der Waals surface area contributed by atoms with Gasteiger partial charge in [0.2, 0.25) is 0 Å². The van der Waals surface area contributed by atoms with E-state index in [-0.39, 0.29) is 12.4 Å². The second-order valence-electron chi connectivity index (χ2n) is 4.77. The number of rotatable bonds is 5. The van der Waals surface area contributed by atoms with Crippen LogP contribution in [0, 0.1) is 12.7 Å². The lowest BCUT2D eigenvalue weighted by Gasteiger charge is -2.15. The van der Waals surface area contributed by atoms with Crippen LogP contribution in [0.3, 0.4) is 0 Å². The summed E-state index contributed by atoms with van der Waals surface area (Å²) in [5, 5.41) is 3.48. The van der Waals surface area contributed by atoms with Crippen molar-refractivity contribution in [2.75, 3.05) is 7.05 Å². The highest BCUT2D eigenvalue weighted by atomic mass is 79.9. The fraction of sp³-hybridized carbons (Fsp3) is 0.250. The summed E-state index contributed by atoms with van der Waals surface area (Å²) >= 11 is 9.22. The quantitative estimate of drug-likeness (QED) is 0.810. The van der Waals surface area contributed by atoms with Crippen molar-refractivity contribution in [3.8, 4) is 5.75 Å². The molecular formula is C16H16BrClFNO. The van der Waals surface area contributed by atoms with Crippen LogP contribution < -0.4 is 10.1 Å². The molecule has 5 heteroatoms. The maximum Gasteiger partial charge on any atom is 0.131 e. The Morgan fingerprint density at radius 3 is 2.67 bits per heavy atom. The van der Waals surface area contributed by atoms with Gasteiger partial charge >= 0.3 is 0 Å². The Hall–Kier alpha value is -1.10. The Kier molecular flexibility index (Phi) is 5.62. The van der Waals surface area contributed by atoms with Crippen molar-refractivity contribution >= 4 is 27.5 Å². The molecule has 0 aromatic heterocycles. The number of halogens is 3. The van der Waals surface area contributed by atoms with Gasteiger partial charge in [-0.3, -0.25) is 0 Å². The number of hydrogen-bond donors (Lipinski definition) is 1. The van der Waals surface area contributed by atoms with Crippen LogP contribution in [0.15, 0.2) is 34.8 Å². The normalized spacial score (nSPS) is 10.7. The van der Waals surface area contributed by atoms with E-state index in [4.69, 9.17) is 16.3 Å². The van der Waals surface area contributed by atoms with Crippen LogP contribution in [0.1, 0.15) is 16.7 Å². The van der Waals surface area contributed by atoms with Crippen molar-refractivity contribution in [3.05, 3.63) is 62.3 Å². The predicted octanol–water partition coefficient (Wildman–Crippen LogP) is 4.85. The van der Waals surface area contributed by atoms with Crippen LogP contribution in [-0.4, -0.2) is 7.05 Å². The molecule has 0 saturated carbocycles. The number of benzene rings is 2. The van der Waals surface area contributed by atoms with Gasteiger partial charge < -0.3 is 10.1 Å². The lowest BCUT2D eigenvalue weighted by atomic mass is 10.1. The van der Waals surface area contributed by atoms with Gasteiger partial charge in [-0.2, -0.15) is 0 Å². The van der Waals surface area contributed by atoms with Crippen LogP contribution in [-0.2, 0) is 13.2 Å². The zero-order valence-electron chi connectivity index (χ0n) is 11.8. The van der Waals surface area contributed by atoms with E-state index in [9.17, 15) is 4.39 Å². The van der Waals surface area contributed by atoms with Crippen molar-refractivity contribution in [1.82, 2.24) is 5.32 Å². The van der Waals surface area contributed by atoms with Gasteiger partial charge in [0, 0.05) is 27.2 Å². The minimum atomic E-state index is -0.354. The zero-order chi connectivity index (χ0) is 15.4. The van der Waals surface area contributed by atoms with E-state index in [1.807, 2.05) is 26.1 Å². The smallest absolute Gasteiger partial charge is 0.131 e. The molecule has 2 aromatic carbocycles. The number of hydrogen-bond acceptors (Lipinski definition) is 2. The molecule has 0 saturated heterocycles. The highest BCUT2D eigenvalue weighted by Gasteiger charge is 2.10. The van der Waals surface area contributed by atoms with Gasteiger partial charge in [-0.1, -0.05) is 33.6 Å². The molecule has 1 N–H and O–H groups in total. The van der Waals surface area contributed by atoms with E-state index in [0.717, 1.165) is 21.3 Å². The van der Waals surface area contributed by atoms with Crippen molar-refractivity contribution in [3.63, 3.8) is 0 Å². The Balaban J connectivity index is 2.23. The predicted molar refractivity (Wildman–Crippen MR) is 87.4 cm³/mol. The first-order chi connectivity index (χ1) is 10.0. The van der Waals surface area contributed by atoms with Gasteiger partial charge in [0.25, 0.3) is 0 Å². The largest absolute Gasteiger partial charge is 0.488 e. The summed E-state index contributed by atoms with van der Waals surface area (Å²) in [5.74, 6) is 0.425. The summed E-state index contributed by atoms with van der Waals surface area (Å²) in [5.41, 5.74) is 2.51. The Bertz CT molecular complexity index is 648. The molecule has 2 rings (SSSR count). The third-order valence-corrected chi connectivity index (χ3v) is 3.76. The molecule has 0 bridgehead atoms. The van der Waals surface area contributed by atoms with Crippen molar-refractivity contribution in [2.45, 2.75) is 20.1 Å². The fourth-order valence-corrected chi connectivity index (χ4v) is 2.89. The van der Waals surface area contributed by atoms with E-state index in [0.29, 0.717) is 17.1 Å². The summed E-state index contributed by atoms with van der Waals surface area (Å²) in [7, 11) is 1.87. The molecular weight excluding hydrogens is 357 g/mol. The molecule has 0 atom stereocenters. The molecule has 0 aliphatic heterocycles. The third kappa shape index (κ3) is 4.19. The second kappa shape index (κ2) is 7.25. The van der Waals surface area contributed by atoms with Crippen LogP contribution in [0.5, 0.6) is 5.75 Å². The van der Waals surface area contributed by atoms with Crippen LogP contribution in [0.4, 0.5) is 4.39 Å². The monoisotopic (exact) mass is 371 g/mol. The van der Waals surface area contributed by atoms with Gasteiger partial charge in [0.05, 0.1) is 0 Å². The lowest BCUT2D eigenvalue weighted by Crippen LogP contribution is -2.09. The highest BCUT2D eigenvalue weighted by molar-refractivity contribution is 9.10. The van der Waals surface area contributed by atoms with Crippen molar-refractivity contribution in [2.24, 2.45) is 0 Å². The molecule has 112 valence electrons. The molecule has 0 fully saturated rings. The first-order valence-electron chi connectivity index (χ1n) is 6.51. The Morgan fingerprint density at radius 1 is 1.24 bits per heavy atom. The van der Waals surface area contributed by atoms with Crippen LogP contribution in [0.2, 0.25) is 5.02 Å². The molecule has 21 heavy (non-hydrogen) atoms. The lowest BCUT2D eigenvalue weighted by molar-refractivity contribution is 0.294. The van der Waals surface area contributed by atoms with Crippen molar-refractivity contribution in [1.29, 1.82) is 0 Å². The van der Waals surface area contributed by atoms with Crippen molar-refractivity contribution < 1.29 is 9.13 Å². The minimum Gasteiger partial charge on any atom is -0.488 e. The fourth-order valence-electron chi connectivity index (χ4n) is 2.12. The maximum atomic E-state index is 13.8. The van der Waals surface area contributed by atoms with E-state index in [1.54, 1.807) is 12.1 Å². The highest BCUT2D eigenvalue weighted by Crippen LogP contribution is 2.29. The summed E-state index contributed by atoms with van der Waals surface area (Å²) in [4.78, 5) is 0. The molecule has 0 spiro atoms. The van der Waals surface area contributed by atoms with Gasteiger partial charge in [0.15, 0.2) is 0 Å². The first kappa shape index (κ1) is 16.3. The van der Waals surface area contributed by atoms with E-state index >= 15 is 0 Å². The average molecular weight is 373 g/mol. The van der Waals surface area contributed by atoms with E-state index in [2.05, 4.69) is 21.2 Å². The second-order valence-corrected chi connectivity index (χ2v) is 6.12. The Labute approximate surface area is 137 Å². The van der Waals surface area contributed by atoms with Crippen LogP contribution >= 0.6 is 27.5 Å². The number of ether oxygens (including phenoxy) is 1. The standard InChI is InChI=1S/C16H16BrClFNO/c1-10-5-13(17)6-12(8-20-2)16(10)21-9-11-3-4-14(18)7-15(11)19/h3-7,20H,8-9H2,1-2H3. The topological polar surface area (TPSA) is 21.3 Å². The van der Waals surface area contributed by atoms with E-state index in [1.165, 1.54) is 6.07 Å².